The van der Waals surface area contributed by atoms with Gasteiger partial charge in [-0.25, -0.2) is 9.48 Å². The molecule has 30 heavy (non-hydrogen) atoms. The van der Waals surface area contributed by atoms with E-state index in [1.54, 1.807) is 7.11 Å². The summed E-state index contributed by atoms with van der Waals surface area (Å²) < 4.78 is 11.8. The Bertz CT molecular complexity index is 947. The number of benzene rings is 2. The fourth-order valence-corrected chi connectivity index (χ4v) is 2.96. The van der Waals surface area contributed by atoms with Gasteiger partial charge in [-0.3, -0.25) is 4.79 Å². The van der Waals surface area contributed by atoms with E-state index in [1.165, 1.54) is 11.0 Å². The summed E-state index contributed by atoms with van der Waals surface area (Å²) in [5, 5.41) is 13.7. The van der Waals surface area contributed by atoms with Crippen LogP contribution in [0.3, 0.4) is 0 Å². The Balaban J connectivity index is 1.50. The van der Waals surface area contributed by atoms with Crippen molar-refractivity contribution >= 4 is 11.9 Å². The maximum absolute atomic E-state index is 12.6. The molecule has 0 unspecified atom stereocenters. The number of hydrogen-bond acceptors (Lipinski definition) is 7. The molecule has 1 N–H and O–H groups in total. The molecule has 2 aromatic carbocycles. The molecule has 0 saturated carbocycles. The number of rotatable bonds is 10. The summed E-state index contributed by atoms with van der Waals surface area (Å²) in [5.41, 5.74) is 1.91. The highest BCUT2D eigenvalue weighted by atomic mass is 16.5. The van der Waals surface area contributed by atoms with Gasteiger partial charge in [0.25, 0.3) is 5.91 Å². The van der Waals surface area contributed by atoms with Crippen LogP contribution in [-0.4, -0.2) is 52.3 Å². The van der Waals surface area contributed by atoms with Gasteiger partial charge < -0.3 is 14.8 Å². The van der Waals surface area contributed by atoms with Crippen molar-refractivity contribution in [2.45, 2.75) is 18.9 Å². The minimum Gasteiger partial charge on any atom is -0.496 e. The van der Waals surface area contributed by atoms with Crippen LogP contribution in [0.25, 0.3) is 0 Å². The summed E-state index contributed by atoms with van der Waals surface area (Å²) >= 11 is 0. The zero-order valence-corrected chi connectivity index (χ0v) is 16.6. The average molecular weight is 409 g/mol. The lowest BCUT2D eigenvalue weighted by molar-refractivity contribution is -0.152. The molecule has 9 nitrogen and oxygen atoms in total. The number of tetrazole rings is 1. The maximum Gasteiger partial charge on any atom is 0.331 e. The number of para-hydroxylation sites is 1. The second kappa shape index (κ2) is 10.7. The van der Waals surface area contributed by atoms with Gasteiger partial charge in [-0.2, -0.15) is 0 Å². The summed E-state index contributed by atoms with van der Waals surface area (Å²) in [5.74, 6) is -0.192. The SMILES string of the molecule is COc1ccccc1CCNC(=O)COC(=O)[C@@H](Cc1ccccc1)n1cnnn1. The topological polar surface area (TPSA) is 108 Å². The van der Waals surface area contributed by atoms with Gasteiger partial charge >= 0.3 is 5.97 Å². The van der Waals surface area contributed by atoms with Crippen LogP contribution in [0.4, 0.5) is 0 Å². The first kappa shape index (κ1) is 21.0. The lowest BCUT2D eigenvalue weighted by atomic mass is 10.1. The Morgan fingerprint density at radius 2 is 1.87 bits per heavy atom. The smallest absolute Gasteiger partial charge is 0.331 e. The molecule has 9 heteroatoms. The van der Waals surface area contributed by atoms with Crippen molar-refractivity contribution in [1.82, 2.24) is 25.5 Å². The molecule has 156 valence electrons. The van der Waals surface area contributed by atoms with Crippen LogP contribution in [0.15, 0.2) is 60.9 Å². The fourth-order valence-electron chi connectivity index (χ4n) is 2.96. The second-order valence-corrected chi connectivity index (χ2v) is 6.51. The number of aromatic nitrogens is 4. The van der Waals surface area contributed by atoms with Crippen LogP contribution in [-0.2, 0) is 27.2 Å². The number of nitrogens with one attached hydrogen (secondary N) is 1. The number of carbonyl (C=O) groups is 2. The zero-order valence-electron chi connectivity index (χ0n) is 16.6. The van der Waals surface area contributed by atoms with E-state index in [0.29, 0.717) is 19.4 Å². The molecule has 1 amide bonds. The third-order valence-corrected chi connectivity index (χ3v) is 4.48. The predicted molar refractivity (Wildman–Crippen MR) is 108 cm³/mol. The highest BCUT2D eigenvalue weighted by molar-refractivity contribution is 5.81. The summed E-state index contributed by atoms with van der Waals surface area (Å²) in [6.45, 7) is 0.0232. The standard InChI is InChI=1S/C21H23N5O4/c1-29-19-10-6-5-9-17(19)11-12-22-20(27)14-30-21(28)18(26-15-23-24-25-26)13-16-7-3-2-4-8-16/h2-10,15,18H,11-14H2,1H3,(H,22,27)/t18-/m1/s1. The summed E-state index contributed by atoms with van der Waals surface area (Å²) in [6, 6.07) is 16.3. The van der Waals surface area contributed by atoms with Crippen LogP contribution in [0.5, 0.6) is 5.75 Å². The van der Waals surface area contributed by atoms with E-state index in [9.17, 15) is 9.59 Å². The number of ether oxygens (including phenoxy) is 2. The van der Waals surface area contributed by atoms with E-state index in [4.69, 9.17) is 9.47 Å². The lowest BCUT2D eigenvalue weighted by Gasteiger charge is -2.15. The number of nitrogens with zero attached hydrogens (tertiary/aromatic N) is 4. The Kier molecular flexibility index (Phi) is 7.48. The van der Waals surface area contributed by atoms with Gasteiger partial charge in [-0.05, 0) is 34.0 Å². The molecule has 0 aliphatic heterocycles. The molecule has 1 atom stereocenters. The van der Waals surface area contributed by atoms with Crippen molar-refractivity contribution in [2.75, 3.05) is 20.3 Å². The van der Waals surface area contributed by atoms with Gasteiger partial charge in [0.05, 0.1) is 7.11 Å². The minimum absolute atomic E-state index is 0.347. The number of esters is 1. The largest absolute Gasteiger partial charge is 0.496 e. The molecular weight excluding hydrogens is 386 g/mol. The fraction of sp³-hybridized carbons (Fsp3) is 0.286. The normalized spacial score (nSPS) is 11.5. The third-order valence-electron chi connectivity index (χ3n) is 4.48. The molecule has 0 radical (unpaired) electrons. The molecule has 0 bridgehead atoms. The van der Waals surface area contributed by atoms with E-state index in [0.717, 1.165) is 16.9 Å². The van der Waals surface area contributed by atoms with Gasteiger partial charge in [-0.15, -0.1) is 5.10 Å². The summed E-state index contributed by atoms with van der Waals surface area (Å²) in [6.07, 6.45) is 2.30. The number of carbonyl (C=O) groups excluding carboxylic acids is 2. The molecule has 0 spiro atoms. The first-order chi connectivity index (χ1) is 14.7. The summed E-state index contributed by atoms with van der Waals surface area (Å²) in [4.78, 5) is 24.7. The van der Waals surface area contributed by atoms with Crippen molar-refractivity contribution in [3.8, 4) is 5.75 Å². The predicted octanol–water partition coefficient (Wildman–Crippen LogP) is 1.37. The average Bonchev–Trinajstić information content (AvgIpc) is 3.31. The Morgan fingerprint density at radius 1 is 1.10 bits per heavy atom. The highest BCUT2D eigenvalue weighted by Crippen LogP contribution is 2.17. The Morgan fingerprint density at radius 3 is 2.60 bits per heavy atom. The Hall–Kier alpha value is -3.75. The maximum atomic E-state index is 12.6. The van der Waals surface area contributed by atoms with E-state index in [1.807, 2.05) is 54.6 Å². The third kappa shape index (κ3) is 5.87. The van der Waals surface area contributed by atoms with Crippen LogP contribution in [0.1, 0.15) is 17.2 Å². The first-order valence-electron chi connectivity index (χ1n) is 9.49. The minimum atomic E-state index is -0.760. The molecule has 0 saturated heterocycles. The molecular formula is C21H23N5O4. The van der Waals surface area contributed by atoms with Crippen molar-refractivity contribution < 1.29 is 19.1 Å². The molecule has 0 aliphatic rings. The van der Waals surface area contributed by atoms with Crippen LogP contribution in [0.2, 0.25) is 0 Å². The van der Waals surface area contributed by atoms with Crippen molar-refractivity contribution in [3.63, 3.8) is 0 Å². The summed E-state index contributed by atoms with van der Waals surface area (Å²) in [7, 11) is 1.60. The highest BCUT2D eigenvalue weighted by Gasteiger charge is 2.24. The molecule has 3 rings (SSSR count). The quantitative estimate of drug-likeness (QED) is 0.504. The number of methoxy groups -OCH3 is 1. The van der Waals surface area contributed by atoms with Gasteiger partial charge in [0, 0.05) is 13.0 Å². The van der Waals surface area contributed by atoms with Crippen LogP contribution >= 0.6 is 0 Å². The molecule has 3 aromatic rings. The van der Waals surface area contributed by atoms with E-state index < -0.39 is 12.0 Å². The van der Waals surface area contributed by atoms with Gasteiger partial charge in [0.1, 0.15) is 12.1 Å². The zero-order chi connectivity index (χ0) is 21.2. The van der Waals surface area contributed by atoms with Crippen molar-refractivity contribution in [3.05, 3.63) is 72.1 Å². The van der Waals surface area contributed by atoms with Crippen molar-refractivity contribution in [1.29, 1.82) is 0 Å². The number of hydrogen-bond donors (Lipinski definition) is 1. The van der Waals surface area contributed by atoms with E-state index in [2.05, 4.69) is 20.8 Å². The molecule has 0 aliphatic carbocycles. The van der Waals surface area contributed by atoms with Gasteiger partial charge in [0.15, 0.2) is 12.6 Å². The molecule has 0 fully saturated rings. The van der Waals surface area contributed by atoms with Crippen LogP contribution < -0.4 is 10.1 Å². The van der Waals surface area contributed by atoms with E-state index in [-0.39, 0.29) is 12.5 Å². The Labute approximate surface area is 174 Å². The van der Waals surface area contributed by atoms with Crippen LogP contribution in [0, 0.1) is 0 Å². The first-order valence-corrected chi connectivity index (χ1v) is 9.49. The van der Waals surface area contributed by atoms with Gasteiger partial charge in [-0.1, -0.05) is 48.5 Å². The second-order valence-electron chi connectivity index (χ2n) is 6.51. The monoisotopic (exact) mass is 409 g/mol. The molecule has 1 aromatic heterocycles. The van der Waals surface area contributed by atoms with Crippen molar-refractivity contribution in [2.24, 2.45) is 0 Å². The van der Waals surface area contributed by atoms with E-state index >= 15 is 0 Å². The number of amides is 1. The van der Waals surface area contributed by atoms with Gasteiger partial charge in [0.2, 0.25) is 0 Å². The lowest BCUT2D eigenvalue weighted by Crippen LogP contribution is -2.33. The molecule has 1 heterocycles.